The average molecular weight is 273 g/mol. The molecule has 1 fully saturated rings. The number of aromatic nitrogens is 3. The fourth-order valence-corrected chi connectivity index (χ4v) is 2.42. The molecule has 1 saturated heterocycles. The Morgan fingerprint density at radius 1 is 1.25 bits per heavy atom. The highest BCUT2D eigenvalue weighted by molar-refractivity contribution is 5.46. The van der Waals surface area contributed by atoms with Crippen LogP contribution in [0.3, 0.4) is 0 Å². The van der Waals surface area contributed by atoms with Crippen LogP contribution in [-0.4, -0.2) is 27.2 Å². The van der Waals surface area contributed by atoms with Crippen molar-refractivity contribution in [2.45, 2.75) is 38.8 Å². The lowest BCUT2D eigenvalue weighted by atomic mass is 9.94. The third-order valence-electron chi connectivity index (χ3n) is 3.95. The van der Waals surface area contributed by atoms with Gasteiger partial charge in [0.1, 0.15) is 5.69 Å². The molecule has 2 aromatic rings. The SMILES string of the molecule is CC1NNC(CCc2nc(-c3ccccn3)no2)C1C. The first-order valence-electron chi connectivity index (χ1n) is 6.99. The van der Waals surface area contributed by atoms with Gasteiger partial charge in [0.25, 0.3) is 0 Å². The Labute approximate surface area is 118 Å². The third kappa shape index (κ3) is 2.71. The van der Waals surface area contributed by atoms with E-state index in [4.69, 9.17) is 4.52 Å². The van der Waals surface area contributed by atoms with Crippen molar-refractivity contribution in [3.05, 3.63) is 30.3 Å². The Bertz CT molecular complexity index is 556. The van der Waals surface area contributed by atoms with Gasteiger partial charge in [-0.15, -0.1) is 0 Å². The number of hydrazine groups is 1. The summed E-state index contributed by atoms with van der Waals surface area (Å²) in [5.74, 6) is 1.81. The lowest BCUT2D eigenvalue weighted by Gasteiger charge is -2.14. The molecule has 3 heterocycles. The first-order valence-corrected chi connectivity index (χ1v) is 6.99. The lowest BCUT2D eigenvalue weighted by molar-refractivity contribution is 0.357. The van der Waals surface area contributed by atoms with Gasteiger partial charge in [-0.25, -0.2) is 0 Å². The smallest absolute Gasteiger partial charge is 0.227 e. The number of nitrogens with zero attached hydrogens (tertiary/aromatic N) is 3. The molecule has 0 bridgehead atoms. The van der Waals surface area contributed by atoms with Crippen molar-refractivity contribution < 1.29 is 4.52 Å². The van der Waals surface area contributed by atoms with Crippen molar-refractivity contribution in [2.75, 3.05) is 0 Å². The Morgan fingerprint density at radius 2 is 2.15 bits per heavy atom. The van der Waals surface area contributed by atoms with Crippen LogP contribution in [0.4, 0.5) is 0 Å². The molecule has 0 amide bonds. The van der Waals surface area contributed by atoms with E-state index in [1.165, 1.54) is 0 Å². The second-order valence-corrected chi connectivity index (χ2v) is 5.31. The van der Waals surface area contributed by atoms with Gasteiger partial charge in [0.2, 0.25) is 11.7 Å². The molecule has 0 radical (unpaired) electrons. The Kier molecular flexibility index (Phi) is 3.75. The minimum atomic E-state index is 0.440. The van der Waals surface area contributed by atoms with Crippen molar-refractivity contribution in [1.82, 2.24) is 26.0 Å². The van der Waals surface area contributed by atoms with E-state index in [1.807, 2.05) is 18.2 Å². The Balaban J connectivity index is 1.61. The highest BCUT2D eigenvalue weighted by Crippen LogP contribution is 2.19. The highest BCUT2D eigenvalue weighted by atomic mass is 16.5. The minimum Gasteiger partial charge on any atom is -0.339 e. The number of nitrogens with one attached hydrogen (secondary N) is 2. The molecule has 3 atom stereocenters. The van der Waals surface area contributed by atoms with E-state index in [0.717, 1.165) is 18.5 Å². The normalized spacial score (nSPS) is 26.0. The van der Waals surface area contributed by atoms with Crippen LogP contribution in [0, 0.1) is 5.92 Å². The molecule has 2 aromatic heterocycles. The molecule has 6 nitrogen and oxygen atoms in total. The molecule has 3 rings (SSSR count). The van der Waals surface area contributed by atoms with Gasteiger partial charge in [-0.1, -0.05) is 18.1 Å². The van der Waals surface area contributed by atoms with Gasteiger partial charge in [-0.05, 0) is 31.4 Å². The Morgan fingerprint density at radius 3 is 2.85 bits per heavy atom. The van der Waals surface area contributed by atoms with Gasteiger partial charge in [0, 0.05) is 24.7 Å². The summed E-state index contributed by atoms with van der Waals surface area (Å²) in [6.07, 6.45) is 3.47. The third-order valence-corrected chi connectivity index (χ3v) is 3.95. The molecule has 2 N–H and O–H groups in total. The molecule has 106 valence electrons. The number of aryl methyl sites for hydroxylation is 1. The molecule has 1 aliphatic rings. The molecule has 0 saturated carbocycles. The van der Waals surface area contributed by atoms with Crippen LogP contribution >= 0.6 is 0 Å². The lowest BCUT2D eigenvalue weighted by Crippen LogP contribution is -2.32. The van der Waals surface area contributed by atoms with Crippen LogP contribution in [0.5, 0.6) is 0 Å². The van der Waals surface area contributed by atoms with Gasteiger partial charge in [0.05, 0.1) is 0 Å². The predicted octanol–water partition coefficient (Wildman–Crippen LogP) is 1.57. The maximum absolute atomic E-state index is 5.29. The summed E-state index contributed by atoms with van der Waals surface area (Å²) in [6.45, 7) is 4.43. The fraction of sp³-hybridized carbons (Fsp3) is 0.500. The largest absolute Gasteiger partial charge is 0.339 e. The van der Waals surface area contributed by atoms with Crippen LogP contribution in [0.25, 0.3) is 11.5 Å². The summed E-state index contributed by atoms with van der Waals surface area (Å²) in [5.41, 5.74) is 7.31. The maximum Gasteiger partial charge on any atom is 0.227 e. The first kappa shape index (κ1) is 13.2. The fourth-order valence-electron chi connectivity index (χ4n) is 2.42. The van der Waals surface area contributed by atoms with E-state index < -0.39 is 0 Å². The molecular weight excluding hydrogens is 254 g/mol. The van der Waals surface area contributed by atoms with E-state index in [9.17, 15) is 0 Å². The minimum absolute atomic E-state index is 0.440. The van der Waals surface area contributed by atoms with Gasteiger partial charge in [0.15, 0.2) is 0 Å². The van der Waals surface area contributed by atoms with Gasteiger partial charge < -0.3 is 4.52 Å². The van der Waals surface area contributed by atoms with Crippen LogP contribution in [0.2, 0.25) is 0 Å². The number of rotatable bonds is 4. The standard InChI is InChI=1S/C14H19N5O/c1-9-10(2)17-18-11(9)6-7-13-16-14(19-20-13)12-5-3-4-8-15-12/h3-5,8-11,17-18H,6-7H2,1-2H3. The van der Waals surface area contributed by atoms with Crippen molar-refractivity contribution in [1.29, 1.82) is 0 Å². The van der Waals surface area contributed by atoms with Crippen LogP contribution < -0.4 is 10.9 Å². The predicted molar refractivity (Wildman–Crippen MR) is 74.5 cm³/mol. The highest BCUT2D eigenvalue weighted by Gasteiger charge is 2.29. The number of pyridine rings is 1. The number of hydrogen-bond donors (Lipinski definition) is 2. The summed E-state index contributed by atoms with van der Waals surface area (Å²) in [6, 6.07) is 6.59. The second kappa shape index (κ2) is 5.68. The zero-order valence-electron chi connectivity index (χ0n) is 11.7. The van der Waals surface area contributed by atoms with Crippen molar-refractivity contribution in [3.8, 4) is 11.5 Å². The van der Waals surface area contributed by atoms with Crippen LogP contribution in [-0.2, 0) is 6.42 Å². The van der Waals surface area contributed by atoms with E-state index in [-0.39, 0.29) is 0 Å². The Hall–Kier alpha value is -1.79. The maximum atomic E-state index is 5.29. The molecule has 0 aromatic carbocycles. The van der Waals surface area contributed by atoms with Gasteiger partial charge in [-0.2, -0.15) is 4.98 Å². The van der Waals surface area contributed by atoms with Crippen molar-refractivity contribution in [3.63, 3.8) is 0 Å². The summed E-state index contributed by atoms with van der Waals surface area (Å²) in [5, 5.41) is 3.98. The van der Waals surface area contributed by atoms with Crippen LogP contribution in [0.1, 0.15) is 26.2 Å². The van der Waals surface area contributed by atoms with Crippen molar-refractivity contribution >= 4 is 0 Å². The van der Waals surface area contributed by atoms with E-state index in [0.29, 0.717) is 29.7 Å². The molecule has 20 heavy (non-hydrogen) atoms. The summed E-state index contributed by atoms with van der Waals surface area (Å²) in [4.78, 5) is 8.61. The zero-order chi connectivity index (χ0) is 13.9. The summed E-state index contributed by atoms with van der Waals surface area (Å²) in [7, 11) is 0. The van der Waals surface area contributed by atoms with Gasteiger partial charge >= 0.3 is 0 Å². The number of hydrogen-bond acceptors (Lipinski definition) is 6. The molecular formula is C14H19N5O. The summed E-state index contributed by atoms with van der Waals surface area (Å²) >= 11 is 0. The van der Waals surface area contributed by atoms with E-state index >= 15 is 0 Å². The quantitative estimate of drug-likeness (QED) is 0.880. The second-order valence-electron chi connectivity index (χ2n) is 5.31. The van der Waals surface area contributed by atoms with E-state index in [2.05, 4.69) is 39.8 Å². The zero-order valence-corrected chi connectivity index (χ0v) is 11.7. The van der Waals surface area contributed by atoms with E-state index in [1.54, 1.807) is 6.20 Å². The molecule has 0 spiro atoms. The average Bonchev–Trinajstić information content (AvgIpc) is 3.07. The molecule has 0 aliphatic carbocycles. The monoisotopic (exact) mass is 273 g/mol. The molecule has 6 heteroatoms. The molecule has 1 aliphatic heterocycles. The van der Waals surface area contributed by atoms with Crippen molar-refractivity contribution in [2.24, 2.45) is 5.92 Å². The summed E-state index contributed by atoms with van der Waals surface area (Å²) < 4.78 is 5.29. The van der Waals surface area contributed by atoms with Crippen LogP contribution in [0.15, 0.2) is 28.9 Å². The topological polar surface area (TPSA) is 75.9 Å². The first-order chi connectivity index (χ1) is 9.74. The molecule has 3 unspecified atom stereocenters. The van der Waals surface area contributed by atoms with Gasteiger partial charge in [-0.3, -0.25) is 15.8 Å².